The van der Waals surface area contributed by atoms with Crippen LogP contribution in [-0.2, 0) is 12.8 Å². The first-order valence-corrected chi connectivity index (χ1v) is 6.85. The van der Waals surface area contributed by atoms with E-state index in [-0.39, 0.29) is 0 Å². The van der Waals surface area contributed by atoms with Gasteiger partial charge in [-0.2, -0.15) is 0 Å². The van der Waals surface area contributed by atoms with Crippen molar-refractivity contribution in [2.75, 3.05) is 0 Å². The fourth-order valence-electron chi connectivity index (χ4n) is 2.50. The Labute approximate surface area is 111 Å². The molecule has 0 heteroatoms. The zero-order valence-electron chi connectivity index (χ0n) is 11.9. The van der Waals surface area contributed by atoms with Crippen molar-refractivity contribution < 1.29 is 0 Å². The van der Waals surface area contributed by atoms with Gasteiger partial charge in [0.05, 0.1) is 0 Å². The lowest BCUT2D eigenvalue weighted by atomic mass is 9.93. The molecule has 0 aliphatic rings. The lowest BCUT2D eigenvalue weighted by molar-refractivity contribution is 1.13. The number of rotatable bonds is 3. The van der Waals surface area contributed by atoms with Gasteiger partial charge in [0.25, 0.3) is 0 Å². The van der Waals surface area contributed by atoms with Crippen LogP contribution < -0.4 is 0 Å². The molecule has 0 radical (unpaired) electrons. The zero-order chi connectivity index (χ0) is 13.1. The average molecular weight is 238 g/mol. The Balaban J connectivity index is 2.48. The summed E-state index contributed by atoms with van der Waals surface area (Å²) in [5, 5.41) is 0. The minimum Gasteiger partial charge on any atom is -0.0613 e. The summed E-state index contributed by atoms with van der Waals surface area (Å²) in [7, 11) is 0. The largest absolute Gasteiger partial charge is 0.0613 e. The van der Waals surface area contributed by atoms with Gasteiger partial charge < -0.3 is 0 Å². The summed E-state index contributed by atoms with van der Waals surface area (Å²) in [6.45, 7) is 8.83. The Morgan fingerprint density at radius 3 is 1.33 bits per heavy atom. The van der Waals surface area contributed by atoms with E-state index in [0.717, 1.165) is 12.8 Å². The molecule has 2 aromatic carbocycles. The van der Waals surface area contributed by atoms with E-state index < -0.39 is 0 Å². The molecular formula is C18H22. The molecule has 94 valence electrons. The van der Waals surface area contributed by atoms with E-state index in [1.807, 2.05) is 0 Å². The van der Waals surface area contributed by atoms with Crippen molar-refractivity contribution in [3.8, 4) is 11.1 Å². The van der Waals surface area contributed by atoms with E-state index >= 15 is 0 Å². The first-order valence-electron chi connectivity index (χ1n) is 6.85. The third-order valence-corrected chi connectivity index (χ3v) is 3.69. The second-order valence-corrected chi connectivity index (χ2v) is 5.01. The molecule has 0 saturated heterocycles. The van der Waals surface area contributed by atoms with Crippen molar-refractivity contribution in [1.82, 2.24) is 0 Å². The predicted molar refractivity (Wildman–Crippen MR) is 80.1 cm³/mol. The van der Waals surface area contributed by atoms with Gasteiger partial charge in [-0.1, -0.05) is 50.2 Å². The Hall–Kier alpha value is -1.56. The highest BCUT2D eigenvalue weighted by Crippen LogP contribution is 2.28. The summed E-state index contributed by atoms with van der Waals surface area (Å²) < 4.78 is 0. The third kappa shape index (κ3) is 2.48. The van der Waals surface area contributed by atoms with Gasteiger partial charge in [-0.05, 0) is 60.1 Å². The van der Waals surface area contributed by atoms with Crippen LogP contribution in [0.1, 0.15) is 36.1 Å². The molecule has 0 aromatic heterocycles. The maximum absolute atomic E-state index is 2.31. The van der Waals surface area contributed by atoms with E-state index in [2.05, 4.69) is 64.1 Å². The fourth-order valence-corrected chi connectivity index (χ4v) is 2.50. The maximum Gasteiger partial charge on any atom is -0.0152 e. The van der Waals surface area contributed by atoms with Crippen molar-refractivity contribution >= 4 is 0 Å². The molecule has 0 N–H and O–H groups in total. The van der Waals surface area contributed by atoms with Crippen LogP contribution in [0.5, 0.6) is 0 Å². The molecule has 0 unspecified atom stereocenters. The molecular weight excluding hydrogens is 216 g/mol. The first kappa shape index (κ1) is 12.9. The second-order valence-electron chi connectivity index (χ2n) is 5.01. The van der Waals surface area contributed by atoms with Crippen LogP contribution >= 0.6 is 0 Å². The summed E-state index contributed by atoms with van der Waals surface area (Å²) in [5.74, 6) is 0. The van der Waals surface area contributed by atoms with Crippen molar-refractivity contribution in [2.45, 2.75) is 40.5 Å². The van der Waals surface area contributed by atoms with Crippen LogP contribution in [0.2, 0.25) is 0 Å². The van der Waals surface area contributed by atoms with E-state index in [1.54, 1.807) is 0 Å². The minimum atomic E-state index is 1.11. The number of aryl methyl sites for hydroxylation is 4. The monoisotopic (exact) mass is 238 g/mol. The van der Waals surface area contributed by atoms with Crippen LogP contribution in [-0.4, -0.2) is 0 Å². The molecule has 0 heterocycles. The molecule has 0 saturated carbocycles. The minimum absolute atomic E-state index is 1.11. The van der Waals surface area contributed by atoms with Gasteiger partial charge in [-0.15, -0.1) is 0 Å². The van der Waals surface area contributed by atoms with Gasteiger partial charge >= 0.3 is 0 Å². The summed E-state index contributed by atoms with van der Waals surface area (Å²) in [5.41, 5.74) is 8.32. The SMILES string of the molecule is CCc1ccc(-c2ccc(CC)cc2C)c(C)c1. The Morgan fingerprint density at radius 2 is 1.06 bits per heavy atom. The van der Waals surface area contributed by atoms with Gasteiger partial charge in [0.1, 0.15) is 0 Å². The predicted octanol–water partition coefficient (Wildman–Crippen LogP) is 5.10. The molecule has 0 bridgehead atoms. The molecule has 0 spiro atoms. The van der Waals surface area contributed by atoms with Crippen molar-refractivity contribution in [3.05, 3.63) is 58.7 Å². The summed E-state index contributed by atoms with van der Waals surface area (Å²) >= 11 is 0. The lowest BCUT2D eigenvalue weighted by Crippen LogP contribution is -1.91. The van der Waals surface area contributed by atoms with Crippen LogP contribution in [0.15, 0.2) is 36.4 Å². The van der Waals surface area contributed by atoms with Gasteiger partial charge in [0.2, 0.25) is 0 Å². The van der Waals surface area contributed by atoms with E-state index in [1.165, 1.54) is 33.4 Å². The van der Waals surface area contributed by atoms with Crippen LogP contribution in [0.4, 0.5) is 0 Å². The van der Waals surface area contributed by atoms with Crippen LogP contribution in [0, 0.1) is 13.8 Å². The van der Waals surface area contributed by atoms with Gasteiger partial charge in [0, 0.05) is 0 Å². The summed E-state index contributed by atoms with van der Waals surface area (Å²) in [6, 6.07) is 13.6. The number of hydrogen-bond donors (Lipinski definition) is 0. The fraction of sp³-hybridized carbons (Fsp3) is 0.333. The van der Waals surface area contributed by atoms with Crippen LogP contribution in [0.25, 0.3) is 11.1 Å². The molecule has 0 aliphatic carbocycles. The van der Waals surface area contributed by atoms with Crippen LogP contribution in [0.3, 0.4) is 0 Å². The smallest absolute Gasteiger partial charge is 0.0152 e. The lowest BCUT2D eigenvalue weighted by Gasteiger charge is -2.12. The topological polar surface area (TPSA) is 0 Å². The van der Waals surface area contributed by atoms with E-state index in [9.17, 15) is 0 Å². The molecule has 0 nitrogen and oxygen atoms in total. The summed E-state index contributed by atoms with van der Waals surface area (Å²) in [6.07, 6.45) is 2.21. The molecule has 18 heavy (non-hydrogen) atoms. The second kappa shape index (κ2) is 5.39. The van der Waals surface area contributed by atoms with Crippen molar-refractivity contribution in [2.24, 2.45) is 0 Å². The highest BCUT2D eigenvalue weighted by molar-refractivity contribution is 5.71. The highest BCUT2D eigenvalue weighted by atomic mass is 14.1. The molecule has 2 aromatic rings. The molecule has 2 rings (SSSR count). The van der Waals surface area contributed by atoms with Gasteiger partial charge in [-0.25, -0.2) is 0 Å². The standard InChI is InChI=1S/C18H22/c1-5-15-7-9-17(13(3)11-15)18-10-8-16(6-2)12-14(18)4/h7-12H,5-6H2,1-4H3. The summed E-state index contributed by atoms with van der Waals surface area (Å²) in [4.78, 5) is 0. The molecule has 0 fully saturated rings. The maximum atomic E-state index is 2.31. The average Bonchev–Trinajstić information content (AvgIpc) is 2.39. The van der Waals surface area contributed by atoms with E-state index in [4.69, 9.17) is 0 Å². The Bertz CT molecular complexity index is 498. The Morgan fingerprint density at radius 1 is 0.667 bits per heavy atom. The quantitative estimate of drug-likeness (QED) is 0.698. The molecule has 0 aliphatic heterocycles. The molecule has 0 atom stereocenters. The number of benzene rings is 2. The van der Waals surface area contributed by atoms with Gasteiger partial charge in [-0.3, -0.25) is 0 Å². The third-order valence-electron chi connectivity index (χ3n) is 3.69. The molecule has 0 amide bonds. The van der Waals surface area contributed by atoms with Crippen molar-refractivity contribution in [3.63, 3.8) is 0 Å². The first-order chi connectivity index (χ1) is 8.65. The van der Waals surface area contributed by atoms with Gasteiger partial charge in [0.15, 0.2) is 0 Å². The normalized spacial score (nSPS) is 10.7. The zero-order valence-corrected chi connectivity index (χ0v) is 11.9. The van der Waals surface area contributed by atoms with E-state index in [0.29, 0.717) is 0 Å². The highest BCUT2D eigenvalue weighted by Gasteiger charge is 2.06. The number of hydrogen-bond acceptors (Lipinski definition) is 0. The Kier molecular flexibility index (Phi) is 3.86. The van der Waals surface area contributed by atoms with Crippen molar-refractivity contribution in [1.29, 1.82) is 0 Å².